The Balaban J connectivity index is -0.00000225. The number of nitrogens with one attached hydrogen (secondary N) is 1. The second kappa shape index (κ2) is 10.9. The quantitative estimate of drug-likeness (QED) is 0.286. The van der Waals surface area contributed by atoms with Gasteiger partial charge in [-0.05, 0) is 59.3 Å². The summed E-state index contributed by atoms with van der Waals surface area (Å²) in [5.74, 6) is -0.281. The Labute approximate surface area is 198 Å². The summed E-state index contributed by atoms with van der Waals surface area (Å²) in [6.07, 6.45) is 3.56. The Morgan fingerprint density at radius 1 is 1.42 bits per heavy atom. The molecule has 1 aromatic heterocycles. The average Bonchev–Trinajstić information content (AvgIpc) is 3.04. The number of aromatic nitrogens is 2. The second-order valence-corrected chi connectivity index (χ2v) is 9.44. The van der Waals surface area contributed by atoms with Crippen LogP contribution in [0.5, 0.6) is 0 Å². The zero-order valence-corrected chi connectivity index (χ0v) is 20.3. The van der Waals surface area contributed by atoms with Gasteiger partial charge in [0.15, 0.2) is 5.60 Å². The van der Waals surface area contributed by atoms with Crippen LogP contribution < -0.4 is 30.1 Å². The molecular weight excluding hydrogens is 447 g/mol. The van der Waals surface area contributed by atoms with Crippen molar-refractivity contribution in [2.24, 2.45) is 0 Å². The second-order valence-electron chi connectivity index (χ2n) is 9.44. The molecule has 0 aromatic carbocycles. The van der Waals surface area contributed by atoms with Crippen LogP contribution >= 0.6 is 0 Å². The van der Waals surface area contributed by atoms with E-state index in [1.807, 2.05) is 5.06 Å². The van der Waals surface area contributed by atoms with Crippen LogP contribution in [0.2, 0.25) is 0 Å². The number of nitro groups is 1. The number of halogens is 2. The third kappa shape index (κ3) is 7.56. The summed E-state index contributed by atoms with van der Waals surface area (Å²) in [6, 6.07) is 2.30. The number of rotatable bonds is 8. The lowest BCUT2D eigenvalue weighted by molar-refractivity contribution is -0.397. The van der Waals surface area contributed by atoms with E-state index in [9.17, 15) is 20.5 Å². The van der Waals surface area contributed by atoms with Crippen molar-refractivity contribution in [2.75, 3.05) is 6.54 Å². The van der Waals surface area contributed by atoms with Crippen LogP contribution in [0.25, 0.3) is 0 Å². The van der Waals surface area contributed by atoms with Crippen molar-refractivity contribution >= 4 is 5.95 Å². The Kier molecular flexibility index (Phi) is 10.4. The molecule has 1 atom stereocenters. The first kappa shape index (κ1) is 29.5. The highest BCUT2D eigenvalue weighted by Crippen LogP contribution is 2.40. The van der Waals surface area contributed by atoms with Gasteiger partial charge in [-0.3, -0.25) is 4.84 Å². The largest absolute Gasteiger partial charge is 1.00 e. The third-order valence-electron chi connectivity index (χ3n) is 5.09. The molecule has 31 heavy (non-hydrogen) atoms. The first-order valence-electron chi connectivity index (χ1n) is 9.75. The maximum absolute atomic E-state index is 11.0. The molecule has 1 aromatic rings. The van der Waals surface area contributed by atoms with Gasteiger partial charge < -0.3 is 45.4 Å². The minimum absolute atomic E-state index is 0. The molecule has 0 aliphatic carbocycles. The van der Waals surface area contributed by atoms with Crippen LogP contribution in [0.3, 0.4) is 0 Å². The van der Waals surface area contributed by atoms with Gasteiger partial charge in [-0.2, -0.15) is 10.3 Å². The molecular formula is C19H34Cl2N6O4. The summed E-state index contributed by atoms with van der Waals surface area (Å²) in [4.78, 5) is 20.1. The van der Waals surface area contributed by atoms with Crippen LogP contribution in [-0.4, -0.2) is 60.0 Å². The molecule has 10 nitrogen and oxygen atoms in total. The number of piperidine rings is 1. The Morgan fingerprint density at radius 2 is 1.97 bits per heavy atom. The number of nitriles is 1. The highest BCUT2D eigenvalue weighted by atomic mass is 35.5. The van der Waals surface area contributed by atoms with E-state index in [0.29, 0.717) is 6.54 Å². The number of hydrogen-bond acceptors (Lipinski definition) is 8. The lowest BCUT2D eigenvalue weighted by Gasteiger charge is -2.55. The van der Waals surface area contributed by atoms with Crippen LogP contribution in [0.1, 0.15) is 57.2 Å². The summed E-state index contributed by atoms with van der Waals surface area (Å²) >= 11 is 0. The van der Waals surface area contributed by atoms with E-state index in [1.165, 1.54) is 17.0 Å². The van der Waals surface area contributed by atoms with E-state index >= 15 is 0 Å². The first-order chi connectivity index (χ1) is 13.3. The van der Waals surface area contributed by atoms with Crippen LogP contribution in [0.15, 0.2) is 12.4 Å². The first-order valence-corrected chi connectivity index (χ1v) is 9.75. The normalized spacial score (nSPS) is 19.5. The van der Waals surface area contributed by atoms with E-state index < -0.39 is 16.6 Å². The SMILES string of the molecule is CC(C)(C#N)ON1C(C)(C)CC(NCC(O)Cn2ccnc2[N+](=O)[O-])CC1(C)C.[Cl-].[Cl-].[H+].[H+]. The van der Waals surface area contributed by atoms with Crippen LogP contribution in [0.4, 0.5) is 5.95 Å². The molecule has 1 aliphatic heterocycles. The summed E-state index contributed by atoms with van der Waals surface area (Å²) in [7, 11) is 0. The molecule has 0 radical (unpaired) electrons. The molecule has 0 spiro atoms. The number of aliphatic hydroxyl groups is 1. The van der Waals surface area contributed by atoms with Gasteiger partial charge in [-0.1, -0.05) is 4.98 Å². The third-order valence-corrected chi connectivity index (χ3v) is 5.09. The molecule has 178 valence electrons. The molecule has 1 fully saturated rings. The van der Waals surface area contributed by atoms with Crippen molar-refractivity contribution in [3.05, 3.63) is 22.5 Å². The molecule has 0 bridgehead atoms. The fraction of sp³-hybridized carbons (Fsp3) is 0.789. The maximum atomic E-state index is 11.0. The van der Waals surface area contributed by atoms with Gasteiger partial charge in [-0.15, -0.1) is 0 Å². The van der Waals surface area contributed by atoms with Gasteiger partial charge in [-0.25, -0.2) is 4.57 Å². The highest BCUT2D eigenvalue weighted by molar-refractivity contribution is 5.07. The standard InChI is InChI=1S/C19H32N6O4.2ClH/c1-17(2)9-14(10-18(3,4)25(17)29-19(5,6)13-20)22-11-15(26)12-23-8-7-21-16(23)24(27)28;;/h7-8,14-15,22,26H,9-12H2,1-6H3;2*1H. The topological polar surface area (TPSA) is 129 Å². The van der Waals surface area contributed by atoms with E-state index in [2.05, 4.69) is 44.1 Å². The molecule has 0 saturated carbocycles. The fourth-order valence-corrected chi connectivity index (χ4v) is 4.11. The van der Waals surface area contributed by atoms with Crippen molar-refractivity contribution in [1.29, 1.82) is 5.26 Å². The van der Waals surface area contributed by atoms with E-state index in [0.717, 1.165) is 12.8 Å². The van der Waals surface area contributed by atoms with Crippen molar-refractivity contribution in [2.45, 2.75) is 89.8 Å². The van der Waals surface area contributed by atoms with Crippen molar-refractivity contribution in [1.82, 2.24) is 19.9 Å². The van der Waals surface area contributed by atoms with Crippen molar-refractivity contribution in [3.63, 3.8) is 0 Å². The van der Waals surface area contributed by atoms with E-state index in [1.54, 1.807) is 13.8 Å². The predicted octanol–water partition coefficient (Wildman–Crippen LogP) is -3.77. The summed E-state index contributed by atoms with van der Waals surface area (Å²) in [5, 5.41) is 35.9. The number of nitrogens with zero attached hydrogens (tertiary/aromatic N) is 5. The molecule has 2 N–H and O–H groups in total. The van der Waals surface area contributed by atoms with Gasteiger partial charge in [0, 0.05) is 23.7 Å². The maximum Gasteiger partial charge on any atom is 1.00 e. The molecule has 12 heteroatoms. The van der Waals surface area contributed by atoms with Gasteiger partial charge in [0.1, 0.15) is 12.4 Å². The minimum Gasteiger partial charge on any atom is -1.00 e. The van der Waals surface area contributed by atoms with Crippen LogP contribution in [-0.2, 0) is 11.4 Å². The summed E-state index contributed by atoms with van der Waals surface area (Å²) in [6.45, 7) is 12.2. The number of hydroxylamine groups is 2. The predicted molar refractivity (Wildman–Crippen MR) is 109 cm³/mol. The van der Waals surface area contributed by atoms with Crippen molar-refractivity contribution < 1.29 is 42.5 Å². The van der Waals surface area contributed by atoms with Gasteiger partial charge in [0.25, 0.3) is 0 Å². The smallest absolute Gasteiger partial charge is 1.00 e. The zero-order valence-electron chi connectivity index (χ0n) is 20.8. The molecule has 1 unspecified atom stereocenters. The minimum atomic E-state index is -0.926. The lowest BCUT2D eigenvalue weighted by atomic mass is 9.79. The number of aliphatic hydroxyl groups excluding tert-OH is 1. The van der Waals surface area contributed by atoms with Crippen LogP contribution in [0, 0.1) is 21.4 Å². The number of imidazole rings is 1. The Hall–Kier alpha value is -1.48. The van der Waals surface area contributed by atoms with Gasteiger partial charge in [0.2, 0.25) is 0 Å². The summed E-state index contributed by atoms with van der Waals surface area (Å²) < 4.78 is 1.33. The summed E-state index contributed by atoms with van der Waals surface area (Å²) in [5.41, 5.74) is -1.59. The molecule has 1 aliphatic rings. The van der Waals surface area contributed by atoms with Crippen molar-refractivity contribution in [3.8, 4) is 6.07 Å². The molecule has 0 amide bonds. The zero-order chi connectivity index (χ0) is 22.0. The van der Waals surface area contributed by atoms with Gasteiger partial charge in [0.05, 0.1) is 18.7 Å². The van der Waals surface area contributed by atoms with E-state index in [-0.39, 0.29) is 57.3 Å². The number of hydrogen-bond donors (Lipinski definition) is 2. The highest BCUT2D eigenvalue weighted by Gasteiger charge is 2.48. The Bertz CT molecular complexity index is 771. The Morgan fingerprint density at radius 3 is 2.45 bits per heavy atom. The monoisotopic (exact) mass is 480 g/mol. The van der Waals surface area contributed by atoms with Gasteiger partial charge >= 0.3 is 8.80 Å². The fourth-order valence-electron chi connectivity index (χ4n) is 4.11. The molecule has 2 rings (SSSR count). The van der Waals surface area contributed by atoms with E-state index in [4.69, 9.17) is 4.84 Å². The lowest BCUT2D eigenvalue weighted by Crippen LogP contribution is -3.00. The average molecular weight is 481 g/mol. The molecule has 2 heterocycles. The molecule has 1 saturated heterocycles.